The second-order valence-corrected chi connectivity index (χ2v) is 7.45. The molecule has 4 nitrogen and oxygen atoms in total. The minimum absolute atomic E-state index is 0.0105. The number of halogens is 3. The van der Waals surface area contributed by atoms with Crippen LogP contribution in [0.3, 0.4) is 0 Å². The molecule has 0 aliphatic heterocycles. The molecule has 1 aromatic heterocycles. The molecule has 1 aromatic carbocycles. The van der Waals surface area contributed by atoms with Gasteiger partial charge in [0.25, 0.3) is 10.0 Å². The van der Waals surface area contributed by atoms with Crippen molar-refractivity contribution in [3.63, 3.8) is 0 Å². The van der Waals surface area contributed by atoms with E-state index in [1.807, 2.05) is 6.92 Å². The van der Waals surface area contributed by atoms with E-state index in [9.17, 15) is 21.6 Å². The van der Waals surface area contributed by atoms with Crippen molar-refractivity contribution >= 4 is 27.0 Å². The highest BCUT2D eigenvalue weighted by Crippen LogP contribution is 2.36. The number of benzene rings is 1. The zero-order chi connectivity index (χ0) is 17.1. The summed E-state index contributed by atoms with van der Waals surface area (Å²) in [6.07, 6.45) is -3.94. The van der Waals surface area contributed by atoms with Gasteiger partial charge in [-0.15, -0.1) is 11.3 Å². The van der Waals surface area contributed by atoms with E-state index in [0.29, 0.717) is 6.42 Å². The fourth-order valence-corrected chi connectivity index (χ4v) is 3.79. The summed E-state index contributed by atoms with van der Waals surface area (Å²) in [6, 6.07) is 5.61. The van der Waals surface area contributed by atoms with E-state index in [2.05, 4.69) is 4.72 Å². The van der Waals surface area contributed by atoms with Crippen molar-refractivity contribution in [2.75, 3.05) is 11.3 Å². The van der Waals surface area contributed by atoms with Crippen LogP contribution in [0.15, 0.2) is 39.9 Å². The fourth-order valence-electron chi connectivity index (χ4n) is 1.74. The van der Waals surface area contributed by atoms with Crippen molar-refractivity contribution in [3.05, 3.63) is 41.3 Å². The molecule has 0 unspecified atom stereocenters. The monoisotopic (exact) mass is 365 g/mol. The average molecular weight is 365 g/mol. The van der Waals surface area contributed by atoms with Gasteiger partial charge < -0.3 is 4.74 Å². The largest absolute Gasteiger partial charge is 0.491 e. The Bertz CT molecular complexity index is 756. The first-order valence-corrected chi connectivity index (χ1v) is 9.00. The maximum atomic E-state index is 12.8. The van der Waals surface area contributed by atoms with Crippen molar-refractivity contribution in [1.29, 1.82) is 0 Å². The van der Waals surface area contributed by atoms with Crippen LogP contribution in [-0.4, -0.2) is 15.0 Å². The lowest BCUT2D eigenvalue weighted by Crippen LogP contribution is -2.14. The zero-order valence-electron chi connectivity index (χ0n) is 12.1. The number of anilines is 1. The molecule has 0 saturated heterocycles. The lowest BCUT2D eigenvalue weighted by molar-refractivity contribution is -0.137. The number of sulfonamides is 1. The van der Waals surface area contributed by atoms with Crippen molar-refractivity contribution < 1.29 is 26.3 Å². The van der Waals surface area contributed by atoms with Gasteiger partial charge >= 0.3 is 6.18 Å². The van der Waals surface area contributed by atoms with E-state index >= 15 is 0 Å². The number of hydrogen-bond acceptors (Lipinski definition) is 4. The van der Waals surface area contributed by atoms with E-state index in [1.54, 1.807) is 11.4 Å². The molecule has 0 aliphatic rings. The molecule has 9 heteroatoms. The first-order chi connectivity index (χ1) is 10.7. The summed E-state index contributed by atoms with van der Waals surface area (Å²) in [4.78, 5) is 0. The summed E-state index contributed by atoms with van der Waals surface area (Å²) in [7, 11) is -3.96. The molecule has 0 radical (unpaired) electrons. The van der Waals surface area contributed by atoms with Gasteiger partial charge in [0.05, 0.1) is 17.9 Å². The molecule has 1 N–H and O–H groups in total. The van der Waals surface area contributed by atoms with Gasteiger partial charge in [0.1, 0.15) is 9.96 Å². The van der Waals surface area contributed by atoms with Crippen LogP contribution in [0.5, 0.6) is 5.75 Å². The van der Waals surface area contributed by atoms with Crippen LogP contribution in [-0.2, 0) is 16.2 Å². The Balaban J connectivity index is 2.41. The molecule has 0 fully saturated rings. The van der Waals surface area contributed by atoms with Crippen LogP contribution in [0.4, 0.5) is 18.9 Å². The van der Waals surface area contributed by atoms with E-state index in [0.717, 1.165) is 29.5 Å². The number of thiophene rings is 1. The van der Waals surface area contributed by atoms with Crippen LogP contribution in [0.25, 0.3) is 0 Å². The normalized spacial score (nSPS) is 12.2. The fraction of sp³-hybridized carbons (Fsp3) is 0.286. The Hall–Kier alpha value is -1.74. The molecule has 0 bridgehead atoms. The van der Waals surface area contributed by atoms with Gasteiger partial charge in [-0.2, -0.15) is 13.2 Å². The van der Waals surface area contributed by atoms with Gasteiger partial charge in [-0.05, 0) is 36.1 Å². The third-order valence-corrected chi connectivity index (χ3v) is 5.54. The van der Waals surface area contributed by atoms with E-state index in [-0.39, 0.29) is 22.3 Å². The van der Waals surface area contributed by atoms with E-state index in [1.165, 1.54) is 6.07 Å². The maximum Gasteiger partial charge on any atom is 0.416 e. The van der Waals surface area contributed by atoms with Crippen LogP contribution in [0.1, 0.15) is 18.9 Å². The smallest absolute Gasteiger partial charge is 0.416 e. The van der Waals surface area contributed by atoms with Gasteiger partial charge in [0.2, 0.25) is 0 Å². The highest BCUT2D eigenvalue weighted by Gasteiger charge is 2.32. The molecule has 23 heavy (non-hydrogen) atoms. The molecular formula is C14H14F3NO3S2. The summed E-state index contributed by atoms with van der Waals surface area (Å²) in [5.41, 5.74) is -1.19. The SMILES string of the molecule is CCCOc1ccc(C(F)(F)F)cc1NS(=O)(=O)c1cccs1. The second-order valence-electron chi connectivity index (χ2n) is 4.59. The first-order valence-electron chi connectivity index (χ1n) is 6.64. The lowest BCUT2D eigenvalue weighted by atomic mass is 10.2. The highest BCUT2D eigenvalue weighted by molar-refractivity contribution is 7.94. The van der Waals surface area contributed by atoms with Crippen molar-refractivity contribution in [1.82, 2.24) is 0 Å². The average Bonchev–Trinajstić information content (AvgIpc) is 2.99. The second kappa shape index (κ2) is 6.79. The number of rotatable bonds is 6. The molecule has 2 rings (SSSR count). The standard InChI is InChI=1S/C14H14F3NO3S2/c1-2-7-21-12-6-5-10(14(15,16)17)9-11(12)18-23(19,20)13-4-3-8-22-13/h3-6,8-9,18H,2,7H2,1H3. The van der Waals surface area contributed by atoms with Crippen LogP contribution >= 0.6 is 11.3 Å². The zero-order valence-corrected chi connectivity index (χ0v) is 13.7. The number of nitrogens with one attached hydrogen (secondary N) is 1. The van der Waals surface area contributed by atoms with E-state index in [4.69, 9.17) is 4.74 Å². The van der Waals surface area contributed by atoms with Crippen LogP contribution in [0.2, 0.25) is 0 Å². The van der Waals surface area contributed by atoms with Crippen molar-refractivity contribution in [2.45, 2.75) is 23.7 Å². The number of hydrogen-bond donors (Lipinski definition) is 1. The molecule has 0 amide bonds. The Morgan fingerprint density at radius 2 is 2.00 bits per heavy atom. The Morgan fingerprint density at radius 3 is 2.57 bits per heavy atom. The van der Waals surface area contributed by atoms with Crippen LogP contribution < -0.4 is 9.46 Å². The first kappa shape index (κ1) is 17.6. The molecule has 0 saturated carbocycles. The minimum atomic E-state index is -4.58. The van der Waals surface area contributed by atoms with Crippen molar-refractivity contribution in [3.8, 4) is 5.75 Å². The Labute approximate surface area is 136 Å². The van der Waals surface area contributed by atoms with Gasteiger partial charge in [0.15, 0.2) is 0 Å². The number of ether oxygens (including phenoxy) is 1. The highest BCUT2D eigenvalue weighted by atomic mass is 32.2. The van der Waals surface area contributed by atoms with E-state index < -0.39 is 21.8 Å². The summed E-state index contributed by atoms with van der Waals surface area (Å²) in [5, 5.41) is 1.56. The maximum absolute atomic E-state index is 12.8. The molecule has 1 heterocycles. The molecule has 2 aromatic rings. The van der Waals surface area contributed by atoms with Gasteiger partial charge in [-0.25, -0.2) is 8.42 Å². The molecule has 0 aliphatic carbocycles. The Kier molecular flexibility index (Phi) is 5.20. The minimum Gasteiger partial charge on any atom is -0.491 e. The molecule has 0 atom stereocenters. The summed E-state index contributed by atoms with van der Waals surface area (Å²) in [6.45, 7) is 2.10. The third-order valence-electron chi connectivity index (χ3n) is 2.77. The Morgan fingerprint density at radius 1 is 1.26 bits per heavy atom. The summed E-state index contributed by atoms with van der Waals surface area (Å²) >= 11 is 0.969. The van der Waals surface area contributed by atoms with Gasteiger partial charge in [-0.3, -0.25) is 4.72 Å². The van der Waals surface area contributed by atoms with Gasteiger partial charge in [-0.1, -0.05) is 13.0 Å². The third kappa shape index (κ3) is 4.38. The summed E-state index contributed by atoms with van der Waals surface area (Å²) in [5.74, 6) is 0.0555. The predicted octanol–water partition coefficient (Wildman–Crippen LogP) is 4.36. The topological polar surface area (TPSA) is 55.4 Å². The predicted molar refractivity (Wildman–Crippen MR) is 82.4 cm³/mol. The molecule has 0 spiro atoms. The number of alkyl halides is 3. The van der Waals surface area contributed by atoms with Crippen LogP contribution in [0, 0.1) is 0 Å². The molecule has 126 valence electrons. The summed E-state index contributed by atoms with van der Waals surface area (Å²) < 4.78 is 70.5. The van der Waals surface area contributed by atoms with Gasteiger partial charge in [0, 0.05) is 0 Å². The molecular weight excluding hydrogens is 351 g/mol. The van der Waals surface area contributed by atoms with Crippen molar-refractivity contribution in [2.24, 2.45) is 0 Å². The quantitative estimate of drug-likeness (QED) is 0.828. The lowest BCUT2D eigenvalue weighted by Gasteiger charge is -2.15.